The van der Waals surface area contributed by atoms with Crippen LogP contribution in [-0.4, -0.2) is 21.7 Å². The Morgan fingerprint density at radius 3 is 2.71 bits per heavy atom. The number of nitrogens with zero attached hydrogens (tertiary/aromatic N) is 2. The van der Waals surface area contributed by atoms with Gasteiger partial charge in [-0.3, -0.25) is 0 Å². The Kier molecular flexibility index (Phi) is 5.59. The van der Waals surface area contributed by atoms with Gasteiger partial charge in [0.15, 0.2) is 6.10 Å². The number of pyridine rings is 1. The molecule has 0 saturated carbocycles. The van der Waals surface area contributed by atoms with E-state index in [4.69, 9.17) is 9.72 Å². The fraction of sp³-hybridized carbons (Fsp3) is 0.400. The van der Waals surface area contributed by atoms with Crippen molar-refractivity contribution in [2.24, 2.45) is 0 Å². The number of ether oxygens (including phenoxy) is 1. The molecule has 0 amide bonds. The van der Waals surface area contributed by atoms with Gasteiger partial charge in [0.25, 0.3) is 0 Å². The highest BCUT2D eigenvalue weighted by molar-refractivity contribution is 7.19. The Morgan fingerprint density at radius 1 is 1.29 bits per heavy atom. The fourth-order valence-corrected chi connectivity index (χ4v) is 5.68. The van der Waals surface area contributed by atoms with Gasteiger partial charge >= 0.3 is 5.97 Å². The van der Waals surface area contributed by atoms with Crippen LogP contribution >= 0.6 is 11.3 Å². The van der Waals surface area contributed by atoms with Crippen molar-refractivity contribution in [3.05, 3.63) is 51.5 Å². The molecule has 2 heterocycles. The van der Waals surface area contributed by atoms with E-state index in [0.717, 1.165) is 47.0 Å². The van der Waals surface area contributed by atoms with E-state index >= 15 is 0 Å². The highest BCUT2D eigenvalue weighted by Gasteiger charge is 2.33. The largest absolute Gasteiger partial charge is 0.479 e. The molecule has 1 aromatic carbocycles. The average Bonchev–Trinajstić information content (AvgIpc) is 3.08. The minimum absolute atomic E-state index is 0.541. The van der Waals surface area contributed by atoms with Crippen molar-refractivity contribution < 1.29 is 14.6 Å². The lowest BCUT2D eigenvalue weighted by molar-refractivity contribution is -0.160. The second-order valence-corrected chi connectivity index (χ2v) is 10.1. The quantitative estimate of drug-likeness (QED) is 0.547. The first-order valence-corrected chi connectivity index (χ1v) is 11.4. The van der Waals surface area contributed by atoms with Gasteiger partial charge in [-0.15, -0.1) is 11.3 Å². The number of thiophene rings is 1. The highest BCUT2D eigenvalue weighted by Crippen LogP contribution is 2.45. The van der Waals surface area contributed by atoms with Crippen molar-refractivity contribution in [3.63, 3.8) is 0 Å². The minimum atomic E-state index is -1.16. The van der Waals surface area contributed by atoms with Gasteiger partial charge in [-0.05, 0) is 76.6 Å². The number of rotatable bonds is 4. The van der Waals surface area contributed by atoms with Crippen LogP contribution in [0.25, 0.3) is 21.3 Å². The number of carboxylic acid groups (broad SMARTS) is 1. The molecular weight excluding hydrogens is 408 g/mol. The lowest BCUT2D eigenvalue weighted by Crippen LogP contribution is -2.28. The topological polar surface area (TPSA) is 83.2 Å². The van der Waals surface area contributed by atoms with Gasteiger partial charge in [-0.25, -0.2) is 9.78 Å². The van der Waals surface area contributed by atoms with E-state index in [0.29, 0.717) is 16.8 Å². The molecule has 0 radical (unpaired) electrons. The molecule has 0 spiro atoms. The van der Waals surface area contributed by atoms with E-state index in [2.05, 4.69) is 6.07 Å². The number of aryl methyl sites for hydroxylation is 3. The van der Waals surface area contributed by atoms with E-state index in [1.54, 1.807) is 17.4 Å². The zero-order valence-corrected chi connectivity index (χ0v) is 19.1. The molecule has 2 aromatic heterocycles. The van der Waals surface area contributed by atoms with Crippen LogP contribution in [0.2, 0.25) is 0 Å². The Bertz CT molecular complexity index is 1210. The van der Waals surface area contributed by atoms with Gasteiger partial charge in [0.05, 0.1) is 17.2 Å². The SMILES string of the molecule is Cc1nc2sc3c(c2c(-c2cccc(C#N)c2)c1C(OC(C)(C)C)C(=O)O)CCCC3. The second-order valence-electron chi connectivity index (χ2n) is 9.02. The molecule has 4 rings (SSSR count). The lowest BCUT2D eigenvalue weighted by Gasteiger charge is -2.28. The van der Waals surface area contributed by atoms with Gasteiger partial charge in [-0.1, -0.05) is 12.1 Å². The number of fused-ring (bicyclic) bond motifs is 3. The third-order valence-electron chi connectivity index (χ3n) is 5.57. The maximum absolute atomic E-state index is 12.4. The Labute approximate surface area is 186 Å². The summed E-state index contributed by atoms with van der Waals surface area (Å²) in [5.41, 5.74) is 4.08. The average molecular weight is 435 g/mol. The predicted octanol–water partition coefficient (Wildman–Crippen LogP) is 5.96. The number of nitriles is 1. The zero-order chi connectivity index (χ0) is 22.3. The molecule has 5 nitrogen and oxygen atoms in total. The number of carbonyl (C=O) groups is 1. The predicted molar refractivity (Wildman–Crippen MR) is 122 cm³/mol. The van der Waals surface area contributed by atoms with E-state index < -0.39 is 17.7 Å². The summed E-state index contributed by atoms with van der Waals surface area (Å²) in [6.07, 6.45) is 3.11. The van der Waals surface area contributed by atoms with Gasteiger partial charge in [0.2, 0.25) is 0 Å². The Balaban J connectivity index is 2.11. The molecule has 1 N–H and O–H groups in total. The molecule has 0 fully saturated rings. The first-order chi connectivity index (χ1) is 14.7. The monoisotopic (exact) mass is 434 g/mol. The van der Waals surface area contributed by atoms with Crippen LogP contribution in [0.15, 0.2) is 24.3 Å². The summed E-state index contributed by atoms with van der Waals surface area (Å²) in [5.74, 6) is -1.04. The van der Waals surface area contributed by atoms with E-state index in [9.17, 15) is 15.2 Å². The van der Waals surface area contributed by atoms with Gasteiger partial charge in [0.1, 0.15) is 4.83 Å². The number of benzene rings is 1. The third kappa shape index (κ3) is 4.08. The molecule has 0 saturated heterocycles. The number of carboxylic acids is 1. The summed E-state index contributed by atoms with van der Waals surface area (Å²) in [7, 11) is 0. The zero-order valence-electron chi connectivity index (χ0n) is 18.3. The number of hydrogen-bond donors (Lipinski definition) is 1. The van der Waals surface area contributed by atoms with Crippen LogP contribution < -0.4 is 0 Å². The lowest BCUT2D eigenvalue weighted by atomic mass is 9.87. The molecule has 160 valence electrons. The molecule has 6 heteroatoms. The first kappa shape index (κ1) is 21.5. The van der Waals surface area contributed by atoms with Crippen LogP contribution in [0.4, 0.5) is 0 Å². The van der Waals surface area contributed by atoms with Crippen LogP contribution in [0.5, 0.6) is 0 Å². The Hall–Kier alpha value is -2.75. The fourth-order valence-electron chi connectivity index (χ4n) is 4.37. The van der Waals surface area contributed by atoms with Crippen molar-refractivity contribution in [1.29, 1.82) is 5.26 Å². The summed E-state index contributed by atoms with van der Waals surface area (Å²) in [4.78, 5) is 19.5. The highest BCUT2D eigenvalue weighted by atomic mass is 32.1. The standard InChI is InChI=1S/C25H26N2O3S/c1-14-19(22(24(28)29)30-25(2,3)4)20(16-9-7-8-15(12-16)13-26)21-17-10-5-6-11-18(17)31-23(21)27-14/h7-9,12,22H,5-6,10-11H2,1-4H3,(H,28,29). The molecule has 31 heavy (non-hydrogen) atoms. The molecule has 3 aromatic rings. The van der Waals surface area contributed by atoms with Crippen LogP contribution in [0, 0.1) is 18.3 Å². The van der Waals surface area contributed by atoms with Crippen LogP contribution in [0.1, 0.15) is 67.0 Å². The number of hydrogen-bond acceptors (Lipinski definition) is 5. The first-order valence-electron chi connectivity index (χ1n) is 10.6. The molecule has 0 bridgehead atoms. The van der Waals surface area contributed by atoms with Crippen molar-refractivity contribution >= 4 is 27.5 Å². The van der Waals surface area contributed by atoms with Gasteiger partial charge < -0.3 is 9.84 Å². The summed E-state index contributed by atoms with van der Waals surface area (Å²) in [6, 6.07) is 9.59. The molecule has 1 unspecified atom stereocenters. The Morgan fingerprint density at radius 2 is 2.03 bits per heavy atom. The molecule has 1 atom stereocenters. The van der Waals surface area contributed by atoms with E-state index in [-0.39, 0.29) is 0 Å². The molecular formula is C25H26N2O3S. The minimum Gasteiger partial charge on any atom is -0.479 e. The molecule has 1 aliphatic carbocycles. The van der Waals surface area contributed by atoms with Crippen molar-refractivity contribution in [3.8, 4) is 17.2 Å². The van der Waals surface area contributed by atoms with Gasteiger partial charge in [0, 0.05) is 27.1 Å². The normalized spacial score (nSPS) is 14.8. The van der Waals surface area contributed by atoms with Gasteiger partial charge in [-0.2, -0.15) is 5.26 Å². The third-order valence-corrected chi connectivity index (χ3v) is 6.76. The summed E-state index contributed by atoms with van der Waals surface area (Å²) >= 11 is 1.71. The van der Waals surface area contributed by atoms with Crippen molar-refractivity contribution in [1.82, 2.24) is 4.98 Å². The number of aliphatic carboxylic acids is 1. The van der Waals surface area contributed by atoms with E-state index in [1.807, 2.05) is 45.9 Å². The maximum Gasteiger partial charge on any atom is 0.337 e. The summed E-state index contributed by atoms with van der Waals surface area (Å²) in [5, 5.41) is 20.6. The van der Waals surface area contributed by atoms with E-state index in [1.165, 1.54) is 10.4 Å². The van der Waals surface area contributed by atoms with Crippen molar-refractivity contribution in [2.75, 3.05) is 0 Å². The maximum atomic E-state index is 12.4. The summed E-state index contributed by atoms with van der Waals surface area (Å²) in [6.45, 7) is 7.42. The van der Waals surface area contributed by atoms with Crippen molar-refractivity contribution in [2.45, 2.75) is 65.1 Å². The smallest absolute Gasteiger partial charge is 0.337 e. The molecule has 1 aliphatic rings. The summed E-state index contributed by atoms with van der Waals surface area (Å²) < 4.78 is 6.05. The van der Waals surface area contributed by atoms with Crippen LogP contribution in [0.3, 0.4) is 0 Å². The second kappa shape index (κ2) is 8.07. The molecule has 0 aliphatic heterocycles. The number of aromatic nitrogens is 1. The van der Waals surface area contributed by atoms with Crippen LogP contribution in [-0.2, 0) is 22.4 Å².